The summed E-state index contributed by atoms with van der Waals surface area (Å²) in [7, 11) is 1.70. The number of imidazole rings is 1. The normalized spacial score (nSPS) is 20.4. The molecule has 1 unspecified atom stereocenters. The minimum atomic E-state index is -0.728. The number of benzene rings is 1. The van der Waals surface area contributed by atoms with E-state index in [0.717, 1.165) is 69.5 Å². The molecule has 59 heavy (non-hydrogen) atoms. The Kier molecular flexibility index (Phi) is 10.4. The minimum Gasteiger partial charge on any atom is -0.319 e. The van der Waals surface area contributed by atoms with Crippen molar-refractivity contribution in [3.05, 3.63) is 94.6 Å². The highest BCUT2D eigenvalue weighted by Crippen LogP contribution is 2.36. The Morgan fingerprint density at radius 1 is 0.949 bits per heavy atom. The average molecular weight is 795 g/mol. The summed E-state index contributed by atoms with van der Waals surface area (Å²) in [6.07, 6.45) is 13.4. The summed E-state index contributed by atoms with van der Waals surface area (Å²) >= 11 is 0. The molecule has 16 nitrogen and oxygen atoms in total. The Bertz CT molecular complexity index is 2680. The third-order valence-electron chi connectivity index (χ3n) is 12.0. The Balaban J connectivity index is 0.796. The van der Waals surface area contributed by atoms with Gasteiger partial charge in [-0.25, -0.2) is 14.3 Å². The van der Waals surface area contributed by atoms with Gasteiger partial charge in [-0.15, -0.1) is 0 Å². The van der Waals surface area contributed by atoms with Gasteiger partial charge in [0.2, 0.25) is 11.8 Å². The van der Waals surface area contributed by atoms with Crippen molar-refractivity contribution in [3.63, 3.8) is 0 Å². The molecule has 3 aliphatic rings. The van der Waals surface area contributed by atoms with Gasteiger partial charge < -0.3 is 10.2 Å². The smallest absolute Gasteiger partial charge is 0.319 e. The summed E-state index contributed by atoms with van der Waals surface area (Å²) in [6.45, 7) is 7.52. The summed E-state index contributed by atoms with van der Waals surface area (Å²) in [5.74, 6) is 6.19. The number of nitrogens with one attached hydrogen (secondary N) is 2. The van der Waals surface area contributed by atoms with Crippen molar-refractivity contribution in [1.82, 2.24) is 53.6 Å². The Labute approximate surface area is 340 Å². The van der Waals surface area contributed by atoms with E-state index in [0.29, 0.717) is 58.2 Å². The van der Waals surface area contributed by atoms with Gasteiger partial charge in [-0.2, -0.15) is 10.2 Å². The van der Waals surface area contributed by atoms with Crippen LogP contribution in [-0.2, 0) is 16.6 Å². The van der Waals surface area contributed by atoms with Gasteiger partial charge in [-0.05, 0) is 74.8 Å². The number of piperidine rings is 1. The second-order valence-corrected chi connectivity index (χ2v) is 15.9. The molecular formula is C43H46N12O4. The number of nitrogens with zero attached hydrogens (tertiary/aromatic N) is 10. The molecule has 2 N–H and O–H groups in total. The number of rotatable bonds is 8. The van der Waals surface area contributed by atoms with E-state index < -0.39 is 11.9 Å². The molecule has 3 amide bonds. The van der Waals surface area contributed by atoms with Crippen molar-refractivity contribution >= 4 is 40.1 Å². The first-order valence-corrected chi connectivity index (χ1v) is 20.3. The molecule has 0 bridgehead atoms. The van der Waals surface area contributed by atoms with Crippen LogP contribution in [0.15, 0.2) is 72.2 Å². The van der Waals surface area contributed by atoms with Crippen molar-refractivity contribution < 1.29 is 14.4 Å². The van der Waals surface area contributed by atoms with Gasteiger partial charge in [0.05, 0.1) is 46.8 Å². The lowest BCUT2D eigenvalue weighted by Gasteiger charge is -2.37. The lowest BCUT2D eigenvalue weighted by atomic mass is 9.85. The molecule has 1 aromatic carbocycles. The maximum atomic E-state index is 13.5. The SMILES string of the molecule is Cc1ccc(-c2nn([C@H]3CC[C@H](CN4CCN(CC#Cc5cccc6c5n(C)c(=O)n6C5CCC(=O)NC5=O)CC4)CC3)cc2NC(=O)c2cnn3cccnc23)nc1. The van der Waals surface area contributed by atoms with Crippen LogP contribution in [0.1, 0.15) is 72.1 Å². The number of piperazine rings is 1. The number of anilines is 1. The van der Waals surface area contributed by atoms with E-state index in [-0.39, 0.29) is 30.0 Å². The first kappa shape index (κ1) is 38.1. The zero-order valence-electron chi connectivity index (χ0n) is 33.2. The number of carbonyl (C=O) groups is 3. The number of aromatic nitrogens is 8. The van der Waals surface area contributed by atoms with E-state index in [2.05, 4.69) is 47.3 Å². The highest BCUT2D eigenvalue weighted by molar-refractivity contribution is 6.09. The number of pyridine rings is 1. The van der Waals surface area contributed by atoms with Gasteiger partial charge in [0.1, 0.15) is 17.3 Å². The van der Waals surface area contributed by atoms with E-state index in [4.69, 9.17) is 5.10 Å². The van der Waals surface area contributed by atoms with Gasteiger partial charge in [0.25, 0.3) is 5.91 Å². The van der Waals surface area contributed by atoms with Crippen molar-refractivity contribution in [2.45, 2.75) is 57.5 Å². The van der Waals surface area contributed by atoms with Gasteiger partial charge in [0, 0.05) is 71.0 Å². The minimum absolute atomic E-state index is 0.198. The molecule has 1 saturated carbocycles. The Hall–Kier alpha value is -6.44. The van der Waals surface area contributed by atoms with Crippen molar-refractivity contribution in [2.24, 2.45) is 13.0 Å². The van der Waals surface area contributed by atoms with Crippen LogP contribution in [0, 0.1) is 24.7 Å². The summed E-state index contributed by atoms with van der Waals surface area (Å²) in [6, 6.07) is 10.8. The third-order valence-corrected chi connectivity index (χ3v) is 12.0. The highest BCUT2D eigenvalue weighted by atomic mass is 16.2. The first-order chi connectivity index (χ1) is 28.7. The lowest BCUT2D eigenvalue weighted by Crippen LogP contribution is -2.48. The van der Waals surface area contributed by atoms with Crippen LogP contribution in [0.5, 0.6) is 0 Å². The van der Waals surface area contributed by atoms with Crippen LogP contribution >= 0.6 is 0 Å². The highest BCUT2D eigenvalue weighted by Gasteiger charge is 2.32. The fourth-order valence-corrected chi connectivity index (χ4v) is 8.75. The molecule has 0 spiro atoms. The summed E-state index contributed by atoms with van der Waals surface area (Å²) in [5, 5.41) is 14.7. The van der Waals surface area contributed by atoms with E-state index in [1.807, 2.05) is 54.3 Å². The largest absolute Gasteiger partial charge is 0.329 e. The molecule has 1 aliphatic carbocycles. The van der Waals surface area contributed by atoms with Crippen LogP contribution < -0.4 is 16.3 Å². The lowest BCUT2D eigenvalue weighted by molar-refractivity contribution is -0.135. The van der Waals surface area contributed by atoms with Gasteiger partial charge in [-0.1, -0.05) is 24.0 Å². The maximum absolute atomic E-state index is 13.5. The van der Waals surface area contributed by atoms with E-state index in [9.17, 15) is 19.2 Å². The Morgan fingerprint density at radius 2 is 1.76 bits per heavy atom. The van der Waals surface area contributed by atoms with Gasteiger partial charge in [-0.3, -0.25) is 43.4 Å². The number of carbonyl (C=O) groups excluding carboxylic acids is 3. The van der Waals surface area contributed by atoms with Crippen LogP contribution in [-0.4, -0.2) is 105 Å². The fraction of sp³-hybridized carbons (Fsp3) is 0.395. The van der Waals surface area contributed by atoms with Crippen LogP contribution in [0.2, 0.25) is 0 Å². The molecule has 2 saturated heterocycles. The molecule has 2 aliphatic heterocycles. The molecule has 6 aromatic rings. The van der Waals surface area contributed by atoms with E-state index in [1.165, 1.54) is 10.8 Å². The quantitative estimate of drug-likeness (QED) is 0.172. The van der Waals surface area contributed by atoms with Crippen LogP contribution in [0.3, 0.4) is 0 Å². The number of hydrogen-bond donors (Lipinski definition) is 2. The molecule has 3 fully saturated rings. The maximum Gasteiger partial charge on any atom is 0.329 e. The standard InChI is InChI=1S/C43H46N12O4/c1-28-9-14-33(45-24-28)38-34(47-41(57)32-25-46-53-19-5-17-44-40(32)53)27-54(49-38)31-12-10-29(11-13-31)26-52-22-20-51(21-23-52)18-4-7-30-6-3-8-35-39(30)50(2)43(59)55(35)36-15-16-37(56)48-42(36)58/h3,5-6,8-9,14,17,19,24-25,27,29,31,36H,10-13,15-16,18,20-23,26H2,1-2H3,(H,47,57)(H,48,56,58)/t29-,31-,36?. The van der Waals surface area contributed by atoms with Crippen molar-refractivity contribution in [1.29, 1.82) is 0 Å². The number of imide groups is 1. The number of para-hydroxylation sites is 1. The molecule has 1 atom stereocenters. The summed E-state index contributed by atoms with van der Waals surface area (Å²) in [4.78, 5) is 65.1. The van der Waals surface area contributed by atoms with Gasteiger partial charge >= 0.3 is 5.69 Å². The fourth-order valence-electron chi connectivity index (χ4n) is 8.75. The predicted octanol–water partition coefficient (Wildman–Crippen LogP) is 3.58. The number of fused-ring (bicyclic) bond motifs is 2. The monoisotopic (exact) mass is 794 g/mol. The van der Waals surface area contributed by atoms with Crippen LogP contribution in [0.4, 0.5) is 5.69 Å². The predicted molar refractivity (Wildman–Crippen MR) is 220 cm³/mol. The summed E-state index contributed by atoms with van der Waals surface area (Å²) < 4.78 is 6.64. The molecule has 302 valence electrons. The second kappa shape index (κ2) is 16.1. The molecule has 16 heteroatoms. The van der Waals surface area contributed by atoms with E-state index in [1.54, 1.807) is 34.6 Å². The van der Waals surface area contributed by atoms with E-state index >= 15 is 0 Å². The van der Waals surface area contributed by atoms with Crippen molar-refractivity contribution in [3.8, 4) is 23.2 Å². The zero-order chi connectivity index (χ0) is 40.6. The summed E-state index contributed by atoms with van der Waals surface area (Å²) in [5.41, 5.74) is 5.64. The molecule has 5 aromatic heterocycles. The molecular weight excluding hydrogens is 749 g/mol. The number of hydrogen-bond acceptors (Lipinski definition) is 10. The number of amides is 3. The molecule has 9 rings (SSSR count). The zero-order valence-corrected chi connectivity index (χ0v) is 33.2. The average Bonchev–Trinajstić information content (AvgIpc) is 3.94. The Morgan fingerprint density at radius 3 is 2.54 bits per heavy atom. The van der Waals surface area contributed by atoms with Crippen molar-refractivity contribution in [2.75, 3.05) is 44.6 Å². The topological polar surface area (TPSA) is 170 Å². The van der Waals surface area contributed by atoms with Gasteiger partial charge in [0.15, 0.2) is 5.65 Å². The first-order valence-electron chi connectivity index (χ1n) is 20.3. The number of aryl methyl sites for hydroxylation is 2. The molecule has 7 heterocycles. The molecule has 0 radical (unpaired) electrons. The van der Waals surface area contributed by atoms with Crippen LogP contribution in [0.25, 0.3) is 28.1 Å². The second-order valence-electron chi connectivity index (χ2n) is 15.9. The third kappa shape index (κ3) is 7.66.